The molecule has 2 aliphatic rings. The fraction of sp³-hybridized carbons (Fsp3) is 1.00. The number of hydrogen-bond acceptors (Lipinski definition) is 3. The van der Waals surface area contributed by atoms with Crippen molar-refractivity contribution in [3.05, 3.63) is 0 Å². The van der Waals surface area contributed by atoms with E-state index in [0.29, 0.717) is 0 Å². The molecule has 2 N–H and O–H groups in total. The van der Waals surface area contributed by atoms with Gasteiger partial charge in [-0.3, -0.25) is 4.90 Å². The first-order valence-corrected chi connectivity index (χ1v) is 5.93. The van der Waals surface area contributed by atoms with Crippen LogP contribution in [0.4, 0.5) is 0 Å². The Morgan fingerprint density at radius 3 is 2.07 bits per heavy atom. The van der Waals surface area contributed by atoms with Crippen LogP contribution in [0.15, 0.2) is 0 Å². The zero-order valence-corrected chi connectivity index (χ0v) is 9.34. The van der Waals surface area contributed by atoms with Crippen LogP contribution in [0.1, 0.15) is 32.1 Å². The van der Waals surface area contributed by atoms with Gasteiger partial charge in [-0.25, -0.2) is 0 Å². The number of likely N-dealkylation sites (N-methyl/N-ethyl adjacent to an activating group) is 1. The van der Waals surface area contributed by atoms with Crippen molar-refractivity contribution >= 4 is 0 Å². The van der Waals surface area contributed by atoms with Gasteiger partial charge in [-0.15, -0.1) is 0 Å². The Morgan fingerprint density at radius 2 is 1.50 bits per heavy atom. The SMILES string of the molecule is CN1CCN(C2(N)CCCCC2)CC1. The maximum Gasteiger partial charge on any atom is 0.0688 e. The first-order chi connectivity index (χ1) is 6.71. The van der Waals surface area contributed by atoms with Crippen LogP contribution < -0.4 is 5.73 Å². The summed E-state index contributed by atoms with van der Waals surface area (Å²) in [6, 6.07) is 0. The summed E-state index contributed by atoms with van der Waals surface area (Å²) in [5.74, 6) is 0. The predicted octanol–water partition coefficient (Wildman–Crippen LogP) is 0.853. The molecule has 1 heterocycles. The van der Waals surface area contributed by atoms with Crippen molar-refractivity contribution in [2.75, 3.05) is 33.2 Å². The van der Waals surface area contributed by atoms with Gasteiger partial charge in [0, 0.05) is 26.2 Å². The fourth-order valence-corrected chi connectivity index (χ4v) is 2.73. The number of nitrogens with two attached hydrogens (primary N) is 1. The molecule has 0 aromatic heterocycles. The van der Waals surface area contributed by atoms with Gasteiger partial charge in [0.1, 0.15) is 0 Å². The minimum Gasteiger partial charge on any atom is -0.313 e. The Bertz CT molecular complexity index is 179. The van der Waals surface area contributed by atoms with Crippen LogP contribution in [0.2, 0.25) is 0 Å². The van der Waals surface area contributed by atoms with E-state index in [2.05, 4.69) is 16.8 Å². The molecule has 2 fully saturated rings. The molecule has 1 aliphatic carbocycles. The Balaban J connectivity index is 1.92. The van der Waals surface area contributed by atoms with Gasteiger partial charge in [0.15, 0.2) is 0 Å². The van der Waals surface area contributed by atoms with Crippen molar-refractivity contribution in [1.82, 2.24) is 9.80 Å². The summed E-state index contributed by atoms with van der Waals surface area (Å²) in [4.78, 5) is 4.91. The molecule has 14 heavy (non-hydrogen) atoms. The summed E-state index contributed by atoms with van der Waals surface area (Å²) >= 11 is 0. The fourth-order valence-electron chi connectivity index (χ4n) is 2.73. The van der Waals surface area contributed by atoms with Gasteiger partial charge in [0.2, 0.25) is 0 Å². The minimum absolute atomic E-state index is 0.0412. The lowest BCUT2D eigenvalue weighted by Crippen LogP contribution is -2.62. The molecule has 82 valence electrons. The lowest BCUT2D eigenvalue weighted by atomic mass is 9.88. The maximum atomic E-state index is 6.49. The molecular formula is C11H23N3. The maximum absolute atomic E-state index is 6.49. The van der Waals surface area contributed by atoms with E-state index in [-0.39, 0.29) is 5.66 Å². The van der Waals surface area contributed by atoms with Gasteiger partial charge in [-0.1, -0.05) is 19.3 Å². The third kappa shape index (κ3) is 2.10. The number of piperazine rings is 1. The smallest absolute Gasteiger partial charge is 0.0688 e. The van der Waals surface area contributed by atoms with Crippen molar-refractivity contribution < 1.29 is 0 Å². The second kappa shape index (κ2) is 4.17. The van der Waals surface area contributed by atoms with Gasteiger partial charge >= 0.3 is 0 Å². The molecule has 0 amide bonds. The minimum atomic E-state index is 0.0412. The Labute approximate surface area is 87.2 Å². The topological polar surface area (TPSA) is 32.5 Å². The molecule has 3 nitrogen and oxygen atoms in total. The Morgan fingerprint density at radius 1 is 0.929 bits per heavy atom. The number of rotatable bonds is 1. The first kappa shape index (κ1) is 10.4. The van der Waals surface area contributed by atoms with Crippen molar-refractivity contribution in [1.29, 1.82) is 0 Å². The standard InChI is InChI=1S/C11H23N3/c1-13-7-9-14(10-8-13)11(12)5-3-2-4-6-11/h2-10,12H2,1H3. The Hall–Kier alpha value is -0.120. The first-order valence-electron chi connectivity index (χ1n) is 5.93. The van der Waals surface area contributed by atoms with E-state index in [4.69, 9.17) is 5.73 Å². The van der Waals surface area contributed by atoms with E-state index >= 15 is 0 Å². The third-order valence-electron chi connectivity index (χ3n) is 3.85. The third-order valence-corrected chi connectivity index (χ3v) is 3.85. The molecule has 0 bridgehead atoms. The highest BCUT2D eigenvalue weighted by molar-refractivity contribution is 4.89. The highest BCUT2D eigenvalue weighted by Gasteiger charge is 2.34. The number of hydrogen-bond donors (Lipinski definition) is 1. The molecule has 0 unspecified atom stereocenters. The van der Waals surface area contributed by atoms with Crippen LogP contribution in [0.5, 0.6) is 0 Å². The lowest BCUT2D eigenvalue weighted by molar-refractivity contribution is 0.0177. The summed E-state index contributed by atoms with van der Waals surface area (Å²) in [5.41, 5.74) is 6.53. The largest absolute Gasteiger partial charge is 0.313 e. The molecule has 0 radical (unpaired) electrons. The predicted molar refractivity (Wildman–Crippen MR) is 59.1 cm³/mol. The second-order valence-electron chi connectivity index (χ2n) is 4.95. The summed E-state index contributed by atoms with van der Waals surface area (Å²) in [6.45, 7) is 4.68. The molecule has 1 aliphatic heterocycles. The molecule has 0 aromatic rings. The molecule has 1 saturated carbocycles. The van der Waals surface area contributed by atoms with E-state index in [1.54, 1.807) is 0 Å². The Kier molecular flexibility index (Phi) is 3.10. The van der Waals surface area contributed by atoms with Gasteiger partial charge in [0.25, 0.3) is 0 Å². The van der Waals surface area contributed by atoms with E-state index in [1.165, 1.54) is 45.2 Å². The summed E-state index contributed by atoms with van der Waals surface area (Å²) in [6.07, 6.45) is 6.44. The monoisotopic (exact) mass is 197 g/mol. The van der Waals surface area contributed by atoms with Crippen molar-refractivity contribution in [2.24, 2.45) is 5.73 Å². The zero-order chi connectivity index (χ0) is 10.0. The van der Waals surface area contributed by atoms with Crippen LogP contribution >= 0.6 is 0 Å². The molecule has 0 spiro atoms. The van der Waals surface area contributed by atoms with Crippen LogP contribution in [0, 0.1) is 0 Å². The van der Waals surface area contributed by atoms with Gasteiger partial charge in [-0.2, -0.15) is 0 Å². The number of nitrogens with zero attached hydrogens (tertiary/aromatic N) is 2. The van der Waals surface area contributed by atoms with E-state index < -0.39 is 0 Å². The second-order valence-corrected chi connectivity index (χ2v) is 4.95. The highest BCUT2D eigenvalue weighted by atomic mass is 15.3. The summed E-state index contributed by atoms with van der Waals surface area (Å²) < 4.78 is 0. The van der Waals surface area contributed by atoms with E-state index in [0.717, 1.165) is 13.1 Å². The van der Waals surface area contributed by atoms with Crippen LogP contribution in [-0.4, -0.2) is 48.7 Å². The highest BCUT2D eigenvalue weighted by Crippen LogP contribution is 2.29. The summed E-state index contributed by atoms with van der Waals surface area (Å²) in [5, 5.41) is 0. The molecule has 1 saturated heterocycles. The quantitative estimate of drug-likeness (QED) is 0.676. The average Bonchev–Trinajstić information content (AvgIpc) is 2.19. The molecular weight excluding hydrogens is 174 g/mol. The van der Waals surface area contributed by atoms with Gasteiger partial charge in [-0.05, 0) is 19.9 Å². The zero-order valence-electron chi connectivity index (χ0n) is 9.34. The van der Waals surface area contributed by atoms with E-state index in [1.807, 2.05) is 0 Å². The van der Waals surface area contributed by atoms with Crippen molar-refractivity contribution in [2.45, 2.75) is 37.8 Å². The van der Waals surface area contributed by atoms with Gasteiger partial charge < -0.3 is 10.6 Å². The van der Waals surface area contributed by atoms with Crippen LogP contribution in [0.25, 0.3) is 0 Å². The normalized spacial score (nSPS) is 30.4. The van der Waals surface area contributed by atoms with Crippen LogP contribution in [-0.2, 0) is 0 Å². The molecule has 0 aromatic carbocycles. The molecule has 3 heteroatoms. The van der Waals surface area contributed by atoms with Crippen LogP contribution in [0.3, 0.4) is 0 Å². The average molecular weight is 197 g/mol. The van der Waals surface area contributed by atoms with Crippen molar-refractivity contribution in [3.8, 4) is 0 Å². The van der Waals surface area contributed by atoms with E-state index in [9.17, 15) is 0 Å². The lowest BCUT2D eigenvalue weighted by Gasteiger charge is -2.47. The molecule has 0 atom stereocenters. The summed E-state index contributed by atoms with van der Waals surface area (Å²) in [7, 11) is 2.20. The van der Waals surface area contributed by atoms with Gasteiger partial charge in [0.05, 0.1) is 5.66 Å². The molecule has 2 rings (SSSR count). The van der Waals surface area contributed by atoms with Crippen molar-refractivity contribution in [3.63, 3.8) is 0 Å².